The van der Waals surface area contributed by atoms with Crippen molar-refractivity contribution < 1.29 is 22.0 Å². The molecule has 0 amide bonds. The van der Waals surface area contributed by atoms with Crippen molar-refractivity contribution in [3.63, 3.8) is 0 Å². The van der Waals surface area contributed by atoms with Crippen LogP contribution in [0.1, 0.15) is 48.9 Å². The van der Waals surface area contributed by atoms with E-state index in [0.717, 1.165) is 24.5 Å². The van der Waals surface area contributed by atoms with E-state index < -0.39 is 40.1 Å². The number of hydrogen-bond acceptors (Lipinski definition) is 0. The molecule has 0 aliphatic rings. The van der Waals surface area contributed by atoms with E-state index >= 15 is 0 Å². The standard InChI is InChI=1S/C24H21F5/c1-3-5-14-7-9-15(10-8-14)20(25)23(28)18-12-11-16-13-17(6-4-2)21(26)24(29)19(16)22(18)27/h7-13H,3-6H2,1-2H3. The molecule has 5 heteroatoms. The quantitative estimate of drug-likeness (QED) is 0.289. The van der Waals surface area contributed by atoms with Crippen molar-refractivity contribution in [2.45, 2.75) is 39.5 Å². The minimum Gasteiger partial charge on any atom is -0.205 e. The monoisotopic (exact) mass is 404 g/mol. The summed E-state index contributed by atoms with van der Waals surface area (Å²) in [5.41, 5.74) is 0.307. The zero-order valence-corrected chi connectivity index (χ0v) is 16.3. The van der Waals surface area contributed by atoms with Crippen molar-refractivity contribution in [2.75, 3.05) is 0 Å². The smallest absolute Gasteiger partial charge is 0.169 e. The molecule has 0 N–H and O–H groups in total. The molecular weight excluding hydrogens is 383 g/mol. The van der Waals surface area contributed by atoms with Crippen LogP contribution < -0.4 is 0 Å². The summed E-state index contributed by atoms with van der Waals surface area (Å²) in [6.07, 6.45) is 2.59. The van der Waals surface area contributed by atoms with Gasteiger partial charge in [0, 0.05) is 11.1 Å². The summed E-state index contributed by atoms with van der Waals surface area (Å²) in [6.45, 7) is 3.81. The molecule has 0 unspecified atom stereocenters. The summed E-state index contributed by atoms with van der Waals surface area (Å²) >= 11 is 0. The van der Waals surface area contributed by atoms with Crippen molar-refractivity contribution in [2.24, 2.45) is 0 Å². The van der Waals surface area contributed by atoms with Crippen molar-refractivity contribution in [1.29, 1.82) is 0 Å². The van der Waals surface area contributed by atoms with E-state index in [0.29, 0.717) is 12.8 Å². The number of hydrogen-bond donors (Lipinski definition) is 0. The van der Waals surface area contributed by atoms with Gasteiger partial charge >= 0.3 is 0 Å². The van der Waals surface area contributed by atoms with Crippen LogP contribution in [0.2, 0.25) is 0 Å². The average Bonchev–Trinajstić information content (AvgIpc) is 2.72. The van der Waals surface area contributed by atoms with Gasteiger partial charge in [-0.15, -0.1) is 0 Å². The highest BCUT2D eigenvalue weighted by atomic mass is 19.2. The van der Waals surface area contributed by atoms with Gasteiger partial charge in [0.05, 0.1) is 5.39 Å². The zero-order chi connectivity index (χ0) is 21.1. The summed E-state index contributed by atoms with van der Waals surface area (Å²) in [5.74, 6) is -6.58. The lowest BCUT2D eigenvalue weighted by Crippen LogP contribution is -2.00. The molecule has 3 aromatic rings. The molecule has 0 aromatic heterocycles. The minimum atomic E-state index is -1.45. The Morgan fingerprint density at radius 3 is 2.00 bits per heavy atom. The molecule has 29 heavy (non-hydrogen) atoms. The summed E-state index contributed by atoms with van der Waals surface area (Å²) < 4.78 is 72.9. The van der Waals surface area contributed by atoms with Gasteiger partial charge in [-0.1, -0.05) is 57.0 Å². The molecule has 3 aromatic carbocycles. The predicted molar refractivity (Wildman–Crippen MR) is 107 cm³/mol. The SMILES string of the molecule is CCCc1ccc(C(F)=C(F)c2ccc3cc(CCC)c(F)c(F)c3c2F)cc1. The van der Waals surface area contributed by atoms with E-state index in [2.05, 4.69) is 0 Å². The summed E-state index contributed by atoms with van der Waals surface area (Å²) in [4.78, 5) is 0. The first-order valence-electron chi connectivity index (χ1n) is 9.63. The summed E-state index contributed by atoms with van der Waals surface area (Å²) in [6, 6.07) is 9.83. The highest BCUT2D eigenvalue weighted by molar-refractivity contribution is 5.91. The van der Waals surface area contributed by atoms with Crippen molar-refractivity contribution >= 4 is 22.4 Å². The molecule has 0 bridgehead atoms. The Morgan fingerprint density at radius 2 is 1.38 bits per heavy atom. The minimum absolute atomic E-state index is 0.0493. The number of fused-ring (bicyclic) bond motifs is 1. The van der Waals surface area contributed by atoms with Gasteiger partial charge in [-0.25, -0.2) is 22.0 Å². The molecule has 0 aliphatic heterocycles. The average molecular weight is 404 g/mol. The van der Waals surface area contributed by atoms with Gasteiger partial charge in [0.25, 0.3) is 0 Å². The third-order valence-corrected chi connectivity index (χ3v) is 4.89. The maximum Gasteiger partial charge on any atom is 0.169 e. The molecular formula is C24H21F5. The topological polar surface area (TPSA) is 0 Å². The molecule has 0 heterocycles. The maximum atomic E-state index is 14.9. The second kappa shape index (κ2) is 8.76. The van der Waals surface area contributed by atoms with Crippen LogP contribution in [-0.4, -0.2) is 0 Å². The molecule has 0 saturated carbocycles. The van der Waals surface area contributed by atoms with Crippen molar-refractivity contribution in [1.82, 2.24) is 0 Å². The van der Waals surface area contributed by atoms with Crippen LogP contribution in [0.15, 0.2) is 42.5 Å². The molecule has 152 valence electrons. The highest BCUT2D eigenvalue weighted by Gasteiger charge is 2.22. The van der Waals surface area contributed by atoms with Gasteiger partial charge in [-0.05, 0) is 41.5 Å². The predicted octanol–water partition coefficient (Wildman–Crippen LogP) is 7.93. The first kappa shape index (κ1) is 21.0. The molecule has 0 nitrogen and oxygen atoms in total. The Bertz CT molecular complexity index is 1070. The fourth-order valence-electron chi connectivity index (χ4n) is 3.41. The van der Waals surface area contributed by atoms with Crippen molar-refractivity contribution in [3.8, 4) is 0 Å². The fourth-order valence-corrected chi connectivity index (χ4v) is 3.41. The van der Waals surface area contributed by atoms with Crippen LogP contribution in [-0.2, 0) is 12.8 Å². The van der Waals surface area contributed by atoms with Crippen LogP contribution in [0, 0.1) is 17.5 Å². The first-order chi connectivity index (χ1) is 13.9. The Labute approximate surface area is 166 Å². The largest absolute Gasteiger partial charge is 0.205 e. The van der Waals surface area contributed by atoms with E-state index in [1.807, 2.05) is 13.8 Å². The summed E-state index contributed by atoms with van der Waals surface area (Å²) in [5, 5.41) is -0.577. The van der Waals surface area contributed by atoms with Gasteiger partial charge in [-0.3, -0.25) is 0 Å². The van der Waals surface area contributed by atoms with E-state index in [-0.39, 0.29) is 16.5 Å². The van der Waals surface area contributed by atoms with E-state index in [4.69, 9.17) is 0 Å². The normalized spacial score (nSPS) is 12.4. The summed E-state index contributed by atoms with van der Waals surface area (Å²) in [7, 11) is 0. The number of rotatable bonds is 6. The van der Waals surface area contributed by atoms with Gasteiger partial charge in [0.2, 0.25) is 0 Å². The Balaban J connectivity index is 2.11. The first-order valence-corrected chi connectivity index (χ1v) is 9.63. The van der Waals surface area contributed by atoms with Crippen molar-refractivity contribution in [3.05, 3.63) is 82.2 Å². The van der Waals surface area contributed by atoms with Crippen LogP contribution in [0.4, 0.5) is 22.0 Å². The third-order valence-electron chi connectivity index (χ3n) is 4.89. The van der Waals surface area contributed by atoms with Gasteiger partial charge in [-0.2, -0.15) is 0 Å². The zero-order valence-electron chi connectivity index (χ0n) is 16.3. The highest BCUT2D eigenvalue weighted by Crippen LogP contribution is 2.35. The second-order valence-corrected chi connectivity index (χ2v) is 7.01. The lowest BCUT2D eigenvalue weighted by Gasteiger charge is -2.11. The fraction of sp³-hybridized carbons (Fsp3) is 0.250. The van der Waals surface area contributed by atoms with E-state index in [1.165, 1.54) is 24.3 Å². The molecule has 0 fully saturated rings. The molecule has 0 saturated heterocycles. The maximum absolute atomic E-state index is 14.9. The van der Waals surface area contributed by atoms with Crippen LogP contribution in [0.5, 0.6) is 0 Å². The number of aryl methyl sites for hydroxylation is 2. The Hall–Kier alpha value is -2.69. The van der Waals surface area contributed by atoms with E-state index in [9.17, 15) is 22.0 Å². The molecule has 0 radical (unpaired) electrons. The van der Waals surface area contributed by atoms with Crippen LogP contribution >= 0.6 is 0 Å². The molecule has 0 spiro atoms. The number of benzene rings is 3. The molecule has 0 atom stereocenters. The van der Waals surface area contributed by atoms with Gasteiger partial charge in [0.15, 0.2) is 23.3 Å². The lowest BCUT2D eigenvalue weighted by molar-refractivity contribution is 0.501. The second-order valence-electron chi connectivity index (χ2n) is 7.01. The van der Waals surface area contributed by atoms with Gasteiger partial charge in [0.1, 0.15) is 5.82 Å². The lowest BCUT2D eigenvalue weighted by atomic mass is 9.99. The Kier molecular flexibility index (Phi) is 6.36. The molecule has 0 aliphatic carbocycles. The third kappa shape index (κ3) is 4.04. The van der Waals surface area contributed by atoms with Crippen LogP contribution in [0.3, 0.4) is 0 Å². The number of halogens is 5. The van der Waals surface area contributed by atoms with Crippen LogP contribution in [0.25, 0.3) is 22.4 Å². The Morgan fingerprint density at radius 1 is 0.724 bits per heavy atom. The molecule has 3 rings (SSSR count). The van der Waals surface area contributed by atoms with Gasteiger partial charge < -0.3 is 0 Å². The van der Waals surface area contributed by atoms with E-state index in [1.54, 1.807) is 12.1 Å².